The average Bonchev–Trinajstić information content (AvgIpc) is 2.98. The zero-order chi connectivity index (χ0) is 28.4. The van der Waals surface area contributed by atoms with Gasteiger partial charge in [0.05, 0.1) is 0 Å². The van der Waals surface area contributed by atoms with E-state index in [0.717, 1.165) is 0 Å². The molecule has 0 N–H and O–H groups in total. The van der Waals surface area contributed by atoms with Crippen LogP contribution in [0.1, 0.15) is 166 Å². The van der Waals surface area contributed by atoms with E-state index in [2.05, 4.69) is 72.0 Å². The summed E-state index contributed by atoms with van der Waals surface area (Å²) >= 11 is 0. The predicted octanol–water partition coefficient (Wildman–Crippen LogP) is 4.68. The molecule has 2 aromatic heterocycles. The van der Waals surface area contributed by atoms with Crippen molar-refractivity contribution in [1.29, 1.82) is 0 Å². The van der Waals surface area contributed by atoms with E-state index in [1.165, 1.54) is 178 Å². The first-order valence-corrected chi connectivity index (χ1v) is 17.8. The van der Waals surface area contributed by atoms with Gasteiger partial charge in [0.2, 0.25) is 0 Å². The largest absolute Gasteiger partial charge is 1.00 e. The van der Waals surface area contributed by atoms with Crippen LogP contribution in [0.4, 0.5) is 0 Å². The number of halogens is 2. The summed E-state index contributed by atoms with van der Waals surface area (Å²) in [4.78, 5) is 0. The van der Waals surface area contributed by atoms with Crippen molar-refractivity contribution in [3.05, 3.63) is 60.2 Å². The average molecular weight is 622 g/mol. The van der Waals surface area contributed by atoms with Gasteiger partial charge in [-0.25, -0.2) is 9.13 Å². The van der Waals surface area contributed by atoms with Crippen LogP contribution in [0, 0.1) is 0 Å². The second kappa shape index (κ2) is 29.9. The number of hydrogen-bond acceptors (Lipinski definition) is 0. The van der Waals surface area contributed by atoms with Gasteiger partial charge < -0.3 is 24.8 Å². The first-order valence-electron chi connectivity index (χ1n) is 17.8. The second-order valence-electron chi connectivity index (χ2n) is 12.5. The molecule has 4 heteroatoms. The van der Waals surface area contributed by atoms with Crippen molar-refractivity contribution in [3.63, 3.8) is 0 Å². The quantitative estimate of drug-likeness (QED) is 0.101. The summed E-state index contributed by atoms with van der Waals surface area (Å²) in [5.41, 5.74) is 3.02. The van der Waals surface area contributed by atoms with Crippen LogP contribution in [0.25, 0.3) is 0 Å². The summed E-state index contributed by atoms with van der Waals surface area (Å²) in [5, 5.41) is 0. The molecule has 2 rings (SSSR count). The Morgan fingerprint density at radius 2 is 0.619 bits per heavy atom. The van der Waals surface area contributed by atoms with Crippen LogP contribution in [0.2, 0.25) is 0 Å². The molecule has 0 aliphatic rings. The van der Waals surface area contributed by atoms with E-state index in [0.29, 0.717) is 0 Å². The summed E-state index contributed by atoms with van der Waals surface area (Å²) in [7, 11) is 0. The Hall–Kier alpha value is -1.12. The number of nitrogens with zero attached hydrogens (tertiary/aromatic N) is 2. The molecule has 2 heterocycles. The molecule has 0 aliphatic heterocycles. The zero-order valence-electron chi connectivity index (χ0n) is 27.7. The minimum Gasteiger partial charge on any atom is -1.00 e. The predicted molar refractivity (Wildman–Crippen MR) is 174 cm³/mol. The van der Waals surface area contributed by atoms with Crippen LogP contribution in [0.15, 0.2) is 49.1 Å². The van der Waals surface area contributed by atoms with Crippen molar-refractivity contribution in [3.8, 4) is 0 Å². The summed E-state index contributed by atoms with van der Waals surface area (Å²) in [6, 6.07) is 9.38. The highest BCUT2D eigenvalue weighted by atomic mass is 35.5. The molecular weight excluding hydrogens is 555 g/mol. The molecule has 2 nitrogen and oxygen atoms in total. The highest BCUT2D eigenvalue weighted by Gasteiger charge is 2.03. The Kier molecular flexibility index (Phi) is 29.1. The third-order valence-corrected chi connectivity index (χ3v) is 8.64. The van der Waals surface area contributed by atoms with Crippen molar-refractivity contribution >= 4 is 0 Å². The number of aryl methyl sites for hydroxylation is 4. The number of rotatable bonds is 27. The fourth-order valence-electron chi connectivity index (χ4n) is 5.83. The maximum absolute atomic E-state index is 2.38. The molecule has 42 heavy (non-hydrogen) atoms. The maximum atomic E-state index is 2.38. The monoisotopic (exact) mass is 620 g/mol. The third-order valence-electron chi connectivity index (χ3n) is 8.64. The lowest BCUT2D eigenvalue weighted by molar-refractivity contribution is -0.697. The van der Waals surface area contributed by atoms with Gasteiger partial charge in [-0.05, 0) is 49.7 Å². The normalized spacial score (nSPS) is 10.8. The minimum atomic E-state index is 0. The van der Waals surface area contributed by atoms with E-state index in [1.807, 2.05) is 0 Å². The number of pyridine rings is 2. The lowest BCUT2D eigenvalue weighted by Gasteiger charge is -2.03. The molecule has 0 saturated carbocycles. The minimum absolute atomic E-state index is 0. The van der Waals surface area contributed by atoms with E-state index >= 15 is 0 Å². The van der Waals surface area contributed by atoms with Gasteiger partial charge in [-0.3, -0.25) is 0 Å². The second-order valence-corrected chi connectivity index (χ2v) is 12.5. The van der Waals surface area contributed by atoms with Gasteiger partial charge in [-0.1, -0.05) is 117 Å². The van der Waals surface area contributed by atoms with Crippen LogP contribution >= 0.6 is 0 Å². The lowest BCUT2D eigenvalue weighted by atomic mass is 10.1. The first-order chi connectivity index (χ1) is 19.8. The molecule has 0 saturated heterocycles. The number of aromatic nitrogens is 2. The molecule has 0 unspecified atom stereocenters. The van der Waals surface area contributed by atoms with Crippen molar-refractivity contribution in [2.75, 3.05) is 0 Å². The van der Waals surface area contributed by atoms with Crippen molar-refractivity contribution in [2.24, 2.45) is 0 Å². The summed E-state index contributed by atoms with van der Waals surface area (Å²) in [6.07, 6.45) is 42.2. The van der Waals surface area contributed by atoms with Crippen molar-refractivity contribution < 1.29 is 33.9 Å². The van der Waals surface area contributed by atoms with E-state index < -0.39 is 0 Å². The van der Waals surface area contributed by atoms with Gasteiger partial charge in [0, 0.05) is 37.1 Å². The van der Waals surface area contributed by atoms with Crippen LogP contribution in [0.3, 0.4) is 0 Å². The topological polar surface area (TPSA) is 7.76 Å². The SMILES string of the molecule is CCCCCCCCc1cc[n+](CCCCCCCCCCCC[n+]2ccc(CCCCCCCC)cc2)cc1.[Cl-].[Cl-]. The fourth-order valence-corrected chi connectivity index (χ4v) is 5.83. The van der Waals surface area contributed by atoms with Gasteiger partial charge in [0.25, 0.3) is 0 Å². The van der Waals surface area contributed by atoms with Gasteiger partial charge in [0.15, 0.2) is 24.8 Å². The van der Waals surface area contributed by atoms with E-state index in [9.17, 15) is 0 Å². The first kappa shape index (κ1) is 40.9. The van der Waals surface area contributed by atoms with Gasteiger partial charge in [0.1, 0.15) is 13.1 Å². The molecule has 0 amide bonds. The lowest BCUT2D eigenvalue weighted by Crippen LogP contribution is -3.00. The standard InChI is InChI=1S/C38H66N2.2ClH/c1-3-5-7-9-17-21-25-37-27-33-39(34-28-37)31-23-19-15-13-11-12-14-16-20-24-32-40-35-29-38(30-36-40)26-22-18-10-8-6-4-2;;/h27-30,33-36H,3-26,31-32H2,1-2H3;2*1H/q+2;;/p-2. The van der Waals surface area contributed by atoms with Crippen LogP contribution in [-0.2, 0) is 25.9 Å². The maximum Gasteiger partial charge on any atom is 0.169 e. The molecule has 0 spiro atoms. The van der Waals surface area contributed by atoms with E-state index in [4.69, 9.17) is 0 Å². The van der Waals surface area contributed by atoms with Gasteiger partial charge in [-0.2, -0.15) is 0 Å². The Labute approximate surface area is 274 Å². The molecule has 2 aromatic rings. The summed E-state index contributed by atoms with van der Waals surface area (Å²) < 4.78 is 4.77. The molecule has 0 atom stereocenters. The summed E-state index contributed by atoms with van der Waals surface area (Å²) in [5.74, 6) is 0. The van der Waals surface area contributed by atoms with Crippen LogP contribution < -0.4 is 33.9 Å². The van der Waals surface area contributed by atoms with Crippen LogP contribution in [0.5, 0.6) is 0 Å². The van der Waals surface area contributed by atoms with Gasteiger partial charge in [-0.15, -0.1) is 0 Å². The van der Waals surface area contributed by atoms with Gasteiger partial charge >= 0.3 is 0 Å². The molecule has 0 aliphatic carbocycles. The van der Waals surface area contributed by atoms with Crippen molar-refractivity contribution in [2.45, 2.75) is 181 Å². The molecule has 0 fully saturated rings. The molecular formula is C38H66Cl2N2. The van der Waals surface area contributed by atoms with Crippen molar-refractivity contribution in [1.82, 2.24) is 0 Å². The van der Waals surface area contributed by atoms with E-state index in [1.54, 1.807) is 0 Å². The Morgan fingerprint density at radius 3 is 0.929 bits per heavy atom. The van der Waals surface area contributed by atoms with E-state index in [-0.39, 0.29) is 24.8 Å². The van der Waals surface area contributed by atoms with Crippen LogP contribution in [-0.4, -0.2) is 0 Å². The third kappa shape index (κ3) is 22.4. The Morgan fingerprint density at radius 1 is 0.357 bits per heavy atom. The highest BCUT2D eigenvalue weighted by molar-refractivity contribution is 5.07. The molecule has 0 aromatic carbocycles. The highest BCUT2D eigenvalue weighted by Crippen LogP contribution is 2.12. The smallest absolute Gasteiger partial charge is 0.169 e. The molecule has 0 bridgehead atoms. The molecule has 242 valence electrons. The number of unbranched alkanes of at least 4 members (excludes halogenated alkanes) is 19. The Bertz CT molecular complexity index is 737. The molecule has 0 radical (unpaired) electrons. The fraction of sp³-hybridized carbons (Fsp3) is 0.737. The summed E-state index contributed by atoms with van der Waals surface area (Å²) in [6.45, 7) is 6.94. The Balaban J connectivity index is 0.00000840. The zero-order valence-corrected chi connectivity index (χ0v) is 29.2. The number of hydrogen-bond donors (Lipinski definition) is 0.